The Kier molecular flexibility index (Phi) is 4.63. The van der Waals surface area contributed by atoms with E-state index in [1.54, 1.807) is 19.2 Å². The summed E-state index contributed by atoms with van der Waals surface area (Å²) in [5.41, 5.74) is 7.69. The number of pyridine rings is 1. The third kappa shape index (κ3) is 3.30. The summed E-state index contributed by atoms with van der Waals surface area (Å²) in [5, 5.41) is 0.604. The van der Waals surface area contributed by atoms with Gasteiger partial charge in [0.1, 0.15) is 5.03 Å². The molecular weight excluding hydrogens is 272 g/mol. The number of nitrogen functional groups attached to an aromatic ring is 1. The first-order chi connectivity index (χ1) is 9.61. The molecule has 0 saturated heterocycles. The molecule has 0 atom stereocenters. The Morgan fingerprint density at radius 3 is 2.85 bits per heavy atom. The zero-order valence-corrected chi connectivity index (χ0v) is 12.2. The van der Waals surface area contributed by atoms with Gasteiger partial charge in [0.2, 0.25) is 0 Å². The minimum atomic E-state index is -0.400. The fourth-order valence-electron chi connectivity index (χ4n) is 1.68. The minimum absolute atomic E-state index is 0.322. The van der Waals surface area contributed by atoms with Crippen molar-refractivity contribution in [1.82, 2.24) is 4.98 Å². The van der Waals surface area contributed by atoms with Gasteiger partial charge in [0, 0.05) is 4.90 Å². The lowest BCUT2D eigenvalue weighted by Gasteiger charge is -2.09. The normalized spacial score (nSPS) is 10.3. The molecule has 0 aliphatic heterocycles. The molecule has 1 aromatic carbocycles. The average Bonchev–Trinajstić information content (AvgIpc) is 2.43. The maximum Gasteiger partial charge on any atom is 0.340 e. The van der Waals surface area contributed by atoms with Gasteiger partial charge in [-0.05, 0) is 31.5 Å². The van der Waals surface area contributed by atoms with Crippen LogP contribution in [0, 0.1) is 6.92 Å². The second-order valence-electron chi connectivity index (χ2n) is 4.21. The first-order valence-corrected chi connectivity index (χ1v) is 7.09. The van der Waals surface area contributed by atoms with Gasteiger partial charge in [-0.1, -0.05) is 30.0 Å². The number of hydrogen-bond acceptors (Lipinski definition) is 5. The average molecular weight is 288 g/mol. The van der Waals surface area contributed by atoms with Crippen LogP contribution in [0.1, 0.15) is 22.8 Å². The molecule has 0 amide bonds. The summed E-state index contributed by atoms with van der Waals surface area (Å²) in [4.78, 5) is 17.3. The van der Waals surface area contributed by atoms with Crippen molar-refractivity contribution in [3.63, 3.8) is 0 Å². The van der Waals surface area contributed by atoms with Gasteiger partial charge < -0.3 is 10.5 Å². The molecule has 2 N–H and O–H groups in total. The van der Waals surface area contributed by atoms with Crippen LogP contribution >= 0.6 is 11.8 Å². The van der Waals surface area contributed by atoms with Crippen LogP contribution in [0.25, 0.3) is 0 Å². The van der Waals surface area contributed by atoms with Crippen molar-refractivity contribution in [1.29, 1.82) is 0 Å². The summed E-state index contributed by atoms with van der Waals surface area (Å²) in [6.45, 7) is 4.11. The van der Waals surface area contributed by atoms with E-state index in [1.165, 1.54) is 11.8 Å². The summed E-state index contributed by atoms with van der Waals surface area (Å²) in [7, 11) is 0. The van der Waals surface area contributed by atoms with Crippen LogP contribution in [0.4, 0.5) is 5.69 Å². The lowest BCUT2D eigenvalue weighted by Crippen LogP contribution is -2.08. The quantitative estimate of drug-likeness (QED) is 0.874. The second kappa shape index (κ2) is 6.43. The van der Waals surface area contributed by atoms with Crippen LogP contribution in [0.5, 0.6) is 0 Å². The number of carbonyl (C=O) groups excluding carboxylic acids is 1. The number of hydrogen-bond donors (Lipinski definition) is 1. The van der Waals surface area contributed by atoms with Crippen LogP contribution in [0.3, 0.4) is 0 Å². The number of carbonyl (C=O) groups is 1. The van der Waals surface area contributed by atoms with Gasteiger partial charge in [0.05, 0.1) is 24.1 Å². The fourth-order valence-corrected chi connectivity index (χ4v) is 2.62. The maximum atomic E-state index is 12.0. The van der Waals surface area contributed by atoms with Crippen molar-refractivity contribution in [3.8, 4) is 0 Å². The van der Waals surface area contributed by atoms with Gasteiger partial charge in [-0.2, -0.15) is 0 Å². The van der Waals surface area contributed by atoms with E-state index >= 15 is 0 Å². The molecule has 20 heavy (non-hydrogen) atoms. The standard InChI is InChI=1S/C15H16N2O2S/c1-3-19-15(18)12-8-11(16)9-17-14(12)20-13-7-5-4-6-10(13)2/h4-9H,3,16H2,1-2H3. The lowest BCUT2D eigenvalue weighted by atomic mass is 10.2. The molecule has 4 nitrogen and oxygen atoms in total. The highest BCUT2D eigenvalue weighted by atomic mass is 32.2. The molecule has 1 aromatic heterocycles. The SMILES string of the molecule is CCOC(=O)c1cc(N)cnc1Sc1ccccc1C. The van der Waals surface area contributed by atoms with Crippen LogP contribution in [-0.4, -0.2) is 17.6 Å². The van der Waals surface area contributed by atoms with Crippen LogP contribution in [0.15, 0.2) is 46.5 Å². The molecular formula is C15H16N2O2S. The Hall–Kier alpha value is -2.01. The topological polar surface area (TPSA) is 65.2 Å². The molecule has 2 rings (SSSR count). The molecule has 0 bridgehead atoms. The van der Waals surface area contributed by atoms with E-state index in [9.17, 15) is 4.79 Å². The Bertz CT molecular complexity index is 629. The van der Waals surface area contributed by atoms with Crippen LogP contribution < -0.4 is 5.73 Å². The van der Waals surface area contributed by atoms with E-state index in [2.05, 4.69) is 4.98 Å². The Morgan fingerprint density at radius 2 is 2.15 bits per heavy atom. The number of benzene rings is 1. The number of nitrogens with two attached hydrogens (primary N) is 1. The number of nitrogens with zero attached hydrogens (tertiary/aromatic N) is 1. The van der Waals surface area contributed by atoms with E-state index < -0.39 is 5.97 Å². The Morgan fingerprint density at radius 1 is 1.40 bits per heavy atom. The van der Waals surface area contributed by atoms with Gasteiger partial charge >= 0.3 is 5.97 Å². The van der Waals surface area contributed by atoms with Crippen molar-refractivity contribution < 1.29 is 9.53 Å². The first kappa shape index (κ1) is 14.4. The molecule has 0 fully saturated rings. The fraction of sp³-hybridized carbons (Fsp3) is 0.200. The Labute approximate surface area is 122 Å². The van der Waals surface area contributed by atoms with E-state index in [0.29, 0.717) is 22.9 Å². The molecule has 0 aliphatic carbocycles. The predicted octanol–water partition coefficient (Wildman–Crippen LogP) is 3.30. The van der Waals surface area contributed by atoms with Gasteiger partial charge in [-0.15, -0.1) is 0 Å². The zero-order valence-electron chi connectivity index (χ0n) is 11.4. The smallest absolute Gasteiger partial charge is 0.340 e. The second-order valence-corrected chi connectivity index (χ2v) is 5.24. The van der Waals surface area contributed by atoms with E-state index in [-0.39, 0.29) is 0 Å². The monoisotopic (exact) mass is 288 g/mol. The van der Waals surface area contributed by atoms with Crippen molar-refractivity contribution in [2.75, 3.05) is 12.3 Å². The molecule has 1 heterocycles. The van der Waals surface area contributed by atoms with Crippen LogP contribution in [-0.2, 0) is 4.74 Å². The first-order valence-electron chi connectivity index (χ1n) is 6.28. The summed E-state index contributed by atoms with van der Waals surface area (Å²) in [6, 6.07) is 9.54. The number of rotatable bonds is 4. The largest absolute Gasteiger partial charge is 0.462 e. The van der Waals surface area contributed by atoms with Crippen molar-refractivity contribution in [2.24, 2.45) is 0 Å². The van der Waals surface area contributed by atoms with Crippen molar-refractivity contribution >= 4 is 23.4 Å². The zero-order chi connectivity index (χ0) is 14.5. The summed E-state index contributed by atoms with van der Waals surface area (Å²) < 4.78 is 5.04. The molecule has 0 saturated carbocycles. The molecule has 0 radical (unpaired) electrons. The molecule has 0 unspecified atom stereocenters. The third-order valence-electron chi connectivity index (χ3n) is 2.67. The highest BCUT2D eigenvalue weighted by molar-refractivity contribution is 7.99. The van der Waals surface area contributed by atoms with Crippen molar-refractivity contribution in [2.45, 2.75) is 23.8 Å². The maximum absolute atomic E-state index is 12.0. The van der Waals surface area contributed by atoms with E-state index in [0.717, 1.165) is 10.5 Å². The molecule has 0 aliphatic rings. The molecule has 104 valence electrons. The third-order valence-corrected chi connectivity index (χ3v) is 3.86. The molecule has 0 spiro atoms. The van der Waals surface area contributed by atoms with Crippen molar-refractivity contribution in [3.05, 3.63) is 47.7 Å². The highest BCUT2D eigenvalue weighted by Gasteiger charge is 2.16. The lowest BCUT2D eigenvalue weighted by molar-refractivity contribution is 0.0521. The van der Waals surface area contributed by atoms with Gasteiger partial charge in [0.25, 0.3) is 0 Å². The molecule has 5 heteroatoms. The van der Waals surface area contributed by atoms with Gasteiger partial charge in [-0.3, -0.25) is 0 Å². The number of ether oxygens (including phenoxy) is 1. The summed E-state index contributed by atoms with van der Waals surface area (Å²) in [5.74, 6) is -0.400. The number of aryl methyl sites for hydroxylation is 1. The number of esters is 1. The number of anilines is 1. The van der Waals surface area contributed by atoms with Gasteiger partial charge in [-0.25, -0.2) is 9.78 Å². The minimum Gasteiger partial charge on any atom is -0.462 e. The van der Waals surface area contributed by atoms with Crippen LogP contribution in [0.2, 0.25) is 0 Å². The Balaban J connectivity index is 2.36. The van der Waals surface area contributed by atoms with E-state index in [1.807, 2.05) is 31.2 Å². The van der Waals surface area contributed by atoms with Gasteiger partial charge in [0.15, 0.2) is 0 Å². The van der Waals surface area contributed by atoms with E-state index in [4.69, 9.17) is 10.5 Å². The highest BCUT2D eigenvalue weighted by Crippen LogP contribution is 2.32. The number of aromatic nitrogens is 1. The summed E-state index contributed by atoms with van der Waals surface area (Å²) >= 11 is 1.44. The molecule has 2 aromatic rings. The summed E-state index contributed by atoms with van der Waals surface area (Å²) in [6.07, 6.45) is 1.54. The predicted molar refractivity (Wildman–Crippen MR) is 79.9 cm³/mol.